The molecule has 0 radical (unpaired) electrons. The first kappa shape index (κ1) is 47.5. The third-order valence-electron chi connectivity index (χ3n) is 13.2. The van der Waals surface area contributed by atoms with E-state index in [4.69, 9.17) is 22.7 Å². The summed E-state index contributed by atoms with van der Waals surface area (Å²) in [6.07, 6.45) is 9.84. The quantitative estimate of drug-likeness (QED) is 0.0423. The molecule has 5 unspecified atom stereocenters. The summed E-state index contributed by atoms with van der Waals surface area (Å²) in [6.45, 7) is 23.7. The van der Waals surface area contributed by atoms with E-state index in [1.807, 2.05) is 71.9 Å². The molecule has 0 aliphatic carbocycles. The molecule has 9 heteroatoms. The highest BCUT2D eigenvalue weighted by molar-refractivity contribution is 8.24. The van der Waals surface area contributed by atoms with Crippen LogP contribution in [0.4, 0.5) is 17.6 Å². The number of ether oxygens (including phenoxy) is 1. The van der Waals surface area contributed by atoms with Gasteiger partial charge in [0.25, 0.3) is 0 Å². The highest BCUT2D eigenvalue weighted by Gasteiger charge is 2.55. The van der Waals surface area contributed by atoms with E-state index in [2.05, 4.69) is 52.5 Å². The van der Waals surface area contributed by atoms with E-state index in [9.17, 15) is 5.26 Å². The molecular formula is C45H64F4N2OS2. The smallest absolute Gasteiger partial charge is 0.204 e. The third-order valence-corrected chi connectivity index (χ3v) is 15.1. The molecule has 0 fully saturated rings. The third kappa shape index (κ3) is 9.82. The lowest BCUT2D eigenvalue weighted by atomic mass is 9.48. The van der Waals surface area contributed by atoms with Gasteiger partial charge in [0.1, 0.15) is 0 Å². The molecule has 3 nitrogen and oxygen atoms in total. The fourth-order valence-electron chi connectivity index (χ4n) is 8.27. The number of hydrogen-bond acceptors (Lipinski definition) is 5. The number of allylic oxidation sites excluding steroid dienone is 1. The van der Waals surface area contributed by atoms with Crippen molar-refractivity contribution in [3.63, 3.8) is 0 Å². The van der Waals surface area contributed by atoms with Gasteiger partial charge in [-0.1, -0.05) is 116 Å². The van der Waals surface area contributed by atoms with Crippen molar-refractivity contribution in [1.82, 2.24) is 0 Å². The largest absolute Gasteiger partial charge is 0.487 e. The number of rotatable bonds is 22. The lowest BCUT2D eigenvalue weighted by Gasteiger charge is -2.56. The Balaban J connectivity index is 2.83. The van der Waals surface area contributed by atoms with Crippen molar-refractivity contribution in [1.29, 1.82) is 5.26 Å². The Kier molecular flexibility index (Phi) is 17.6. The first-order valence-electron chi connectivity index (χ1n) is 19.5. The Labute approximate surface area is 333 Å². The average Bonchev–Trinajstić information content (AvgIpc) is 3.18. The summed E-state index contributed by atoms with van der Waals surface area (Å²) in [6, 6.07) is 12.3. The SMILES string of the molecule is C=CCCOc1c(F)c(F)c(C(CC(C)(CC)C(C)(C)C#N)C(C)(CC)C(CC)(CC)CC(C)C=CC(CC)(CN)SC(=S)c2ccccc2)c(F)c1F. The van der Waals surface area contributed by atoms with Gasteiger partial charge in [0.2, 0.25) is 11.6 Å². The molecule has 0 saturated heterocycles. The van der Waals surface area contributed by atoms with Crippen LogP contribution in [-0.4, -0.2) is 22.1 Å². The van der Waals surface area contributed by atoms with Gasteiger partial charge < -0.3 is 10.5 Å². The number of nitriles is 1. The van der Waals surface area contributed by atoms with E-state index >= 15 is 17.6 Å². The van der Waals surface area contributed by atoms with Crippen LogP contribution in [0.2, 0.25) is 0 Å². The zero-order valence-electron chi connectivity index (χ0n) is 34.3. The van der Waals surface area contributed by atoms with Crippen LogP contribution in [-0.2, 0) is 0 Å². The molecule has 0 saturated carbocycles. The van der Waals surface area contributed by atoms with Crippen molar-refractivity contribution in [3.05, 3.63) is 89.5 Å². The molecule has 2 aromatic carbocycles. The molecule has 0 amide bonds. The summed E-state index contributed by atoms with van der Waals surface area (Å²) in [5.74, 6) is -8.06. The highest BCUT2D eigenvalue weighted by Crippen LogP contribution is 2.63. The Morgan fingerprint density at radius 1 is 0.907 bits per heavy atom. The highest BCUT2D eigenvalue weighted by atomic mass is 32.2. The van der Waals surface area contributed by atoms with Crippen molar-refractivity contribution in [2.45, 2.75) is 131 Å². The maximum absolute atomic E-state index is 16.6. The lowest BCUT2D eigenvalue weighted by molar-refractivity contribution is -0.0337. The maximum atomic E-state index is 16.6. The number of nitrogens with two attached hydrogens (primary N) is 1. The number of nitrogens with zero attached hydrogens (tertiary/aromatic N) is 1. The molecule has 0 bridgehead atoms. The second-order valence-corrected chi connectivity index (χ2v) is 18.1. The normalized spacial score (nSPS) is 16.9. The first-order chi connectivity index (χ1) is 25.3. The van der Waals surface area contributed by atoms with E-state index < -0.39 is 66.9 Å². The fraction of sp³-hybridized carbons (Fsp3) is 0.600. The van der Waals surface area contributed by atoms with Gasteiger partial charge in [-0.05, 0) is 98.9 Å². The minimum Gasteiger partial charge on any atom is -0.487 e. The van der Waals surface area contributed by atoms with Crippen molar-refractivity contribution < 1.29 is 22.3 Å². The number of hydrogen-bond donors (Lipinski definition) is 1. The summed E-state index contributed by atoms with van der Waals surface area (Å²) < 4.78 is 70.6. The van der Waals surface area contributed by atoms with E-state index in [0.29, 0.717) is 38.6 Å². The monoisotopic (exact) mass is 788 g/mol. The molecule has 54 heavy (non-hydrogen) atoms. The van der Waals surface area contributed by atoms with Crippen LogP contribution >= 0.6 is 24.0 Å². The number of halogens is 4. The summed E-state index contributed by atoms with van der Waals surface area (Å²) >= 11 is 7.41. The van der Waals surface area contributed by atoms with Crippen molar-refractivity contribution in [2.24, 2.45) is 33.3 Å². The zero-order chi connectivity index (χ0) is 41.1. The van der Waals surface area contributed by atoms with Crippen LogP contribution < -0.4 is 10.5 Å². The fourth-order valence-corrected chi connectivity index (χ4v) is 9.90. The Bertz CT molecular complexity index is 1600. The van der Waals surface area contributed by atoms with E-state index in [-0.39, 0.29) is 25.4 Å². The molecule has 5 atom stereocenters. The number of thiocarbonyl (C=S) groups is 1. The summed E-state index contributed by atoms with van der Waals surface area (Å²) in [4.78, 5) is 0. The van der Waals surface area contributed by atoms with E-state index in [1.54, 1.807) is 11.8 Å². The molecule has 2 N–H and O–H groups in total. The molecule has 0 aromatic heterocycles. The minimum absolute atomic E-state index is 0.00305. The molecule has 2 aromatic rings. The Morgan fingerprint density at radius 2 is 1.48 bits per heavy atom. The summed E-state index contributed by atoms with van der Waals surface area (Å²) in [5, 5.41) is 10.3. The van der Waals surface area contributed by atoms with Crippen molar-refractivity contribution in [2.75, 3.05) is 13.2 Å². The Hall–Kier alpha value is -2.67. The van der Waals surface area contributed by atoms with Gasteiger partial charge in [0.05, 0.1) is 27.0 Å². The van der Waals surface area contributed by atoms with E-state index in [0.717, 1.165) is 16.2 Å². The number of thioether (sulfide) groups is 1. The van der Waals surface area contributed by atoms with Crippen LogP contribution in [0.15, 0.2) is 55.1 Å². The molecule has 0 aliphatic heterocycles. The second kappa shape index (κ2) is 20.0. The summed E-state index contributed by atoms with van der Waals surface area (Å²) in [5.41, 5.74) is 3.64. The van der Waals surface area contributed by atoms with Gasteiger partial charge in [-0.2, -0.15) is 14.0 Å². The second-order valence-electron chi connectivity index (χ2n) is 16.0. The Morgan fingerprint density at radius 3 is 1.93 bits per heavy atom. The molecule has 300 valence electrons. The van der Waals surface area contributed by atoms with Crippen LogP contribution in [0.5, 0.6) is 5.75 Å². The lowest BCUT2D eigenvalue weighted by Crippen LogP contribution is -2.48. The van der Waals surface area contributed by atoms with E-state index in [1.165, 1.54) is 6.08 Å². The van der Waals surface area contributed by atoms with Gasteiger partial charge in [-0.25, -0.2) is 8.78 Å². The predicted octanol–water partition coefficient (Wildman–Crippen LogP) is 13.7. The van der Waals surface area contributed by atoms with Gasteiger partial charge in [-0.15, -0.1) is 18.3 Å². The zero-order valence-corrected chi connectivity index (χ0v) is 35.9. The topological polar surface area (TPSA) is 59.0 Å². The summed E-state index contributed by atoms with van der Waals surface area (Å²) in [7, 11) is 0. The van der Waals surface area contributed by atoms with Crippen LogP contribution in [0.1, 0.15) is 138 Å². The molecule has 0 aliphatic rings. The first-order valence-corrected chi connectivity index (χ1v) is 20.7. The number of benzene rings is 2. The molecule has 0 heterocycles. The standard InChI is InChI=1S/C45H64F4N2OS2/c1-12-18-26-52-39-37(48)35(46)34(36(47)38(39)49)33(28-42(10,13-2)41(8,9)29-50)43(11,14-3)44(15-4,16-5)27-31(7)24-25-45(17-6,30-51)54-40(53)32-22-20-19-21-23-32/h12,19-25,31,33H,1,13-18,26-28,30,51H2,2-11H3. The van der Waals surface area contributed by atoms with Gasteiger partial charge >= 0.3 is 0 Å². The molecule has 0 spiro atoms. The average molecular weight is 789 g/mol. The van der Waals surface area contributed by atoms with Gasteiger partial charge in [-0.3, -0.25) is 0 Å². The predicted molar refractivity (Wildman–Crippen MR) is 224 cm³/mol. The maximum Gasteiger partial charge on any atom is 0.204 e. The minimum atomic E-state index is -1.55. The van der Waals surface area contributed by atoms with Crippen molar-refractivity contribution >= 4 is 28.2 Å². The van der Waals surface area contributed by atoms with Gasteiger partial charge in [0.15, 0.2) is 17.4 Å². The van der Waals surface area contributed by atoms with Crippen molar-refractivity contribution in [3.8, 4) is 11.8 Å². The molecule has 2 rings (SSSR count). The molecular weight excluding hydrogens is 725 g/mol. The van der Waals surface area contributed by atoms with Gasteiger partial charge in [0, 0.05) is 12.1 Å². The van der Waals surface area contributed by atoms with Crippen LogP contribution in [0.3, 0.4) is 0 Å². The van der Waals surface area contributed by atoms with Crippen LogP contribution in [0, 0.1) is 62.2 Å². The van der Waals surface area contributed by atoms with Crippen LogP contribution in [0.25, 0.3) is 0 Å².